The second kappa shape index (κ2) is 6.90. The summed E-state index contributed by atoms with van der Waals surface area (Å²) in [7, 11) is -3.40. The lowest BCUT2D eigenvalue weighted by atomic mass is 10.1. The molecule has 1 aromatic rings. The van der Waals surface area contributed by atoms with Gasteiger partial charge >= 0.3 is 0 Å². The minimum absolute atomic E-state index is 0.131. The third kappa shape index (κ3) is 3.47. The number of sulfonamides is 1. The molecule has 1 heterocycles. The Labute approximate surface area is 128 Å². The van der Waals surface area contributed by atoms with Crippen LogP contribution in [0.1, 0.15) is 50.2 Å². The van der Waals surface area contributed by atoms with Gasteiger partial charge in [0.05, 0.1) is 4.90 Å². The number of nitrogens with zero attached hydrogens (tertiary/aromatic N) is 1. The standard InChI is InChI=1S/C16H26N2O2S/c1-3-15-7-5-4-6-10-18(15)21(19,20)16-9-8-14(12-17)13(2)11-16/h8-9,11,15H,3-7,10,12,17H2,1-2H3. The molecule has 21 heavy (non-hydrogen) atoms. The zero-order valence-electron chi connectivity index (χ0n) is 13.0. The van der Waals surface area contributed by atoms with Gasteiger partial charge in [-0.15, -0.1) is 0 Å². The van der Waals surface area contributed by atoms with E-state index in [1.165, 1.54) is 0 Å². The highest BCUT2D eigenvalue weighted by Gasteiger charge is 2.31. The zero-order valence-corrected chi connectivity index (χ0v) is 13.8. The molecule has 0 spiro atoms. The molecule has 0 aromatic heterocycles. The van der Waals surface area contributed by atoms with Crippen LogP contribution in [-0.2, 0) is 16.6 Å². The van der Waals surface area contributed by atoms with Crippen LogP contribution in [-0.4, -0.2) is 25.3 Å². The van der Waals surface area contributed by atoms with Gasteiger partial charge in [0.25, 0.3) is 0 Å². The van der Waals surface area contributed by atoms with Gasteiger partial charge in [-0.1, -0.05) is 25.8 Å². The molecule has 0 bridgehead atoms. The Balaban J connectivity index is 2.37. The van der Waals surface area contributed by atoms with Gasteiger partial charge in [0.15, 0.2) is 0 Å². The molecule has 2 N–H and O–H groups in total. The van der Waals surface area contributed by atoms with E-state index in [1.54, 1.807) is 16.4 Å². The van der Waals surface area contributed by atoms with E-state index in [9.17, 15) is 8.42 Å². The molecule has 1 fully saturated rings. The average molecular weight is 310 g/mol. The molecule has 1 atom stereocenters. The SMILES string of the molecule is CCC1CCCCCN1S(=O)(=O)c1ccc(CN)c(C)c1. The molecular formula is C16H26N2O2S. The molecule has 1 aliphatic heterocycles. The van der Waals surface area contributed by atoms with Crippen molar-refractivity contribution >= 4 is 10.0 Å². The van der Waals surface area contributed by atoms with Gasteiger partial charge in [-0.25, -0.2) is 8.42 Å². The molecule has 1 saturated heterocycles. The predicted octanol–water partition coefficient (Wildman–Crippen LogP) is 2.80. The monoisotopic (exact) mass is 310 g/mol. The lowest BCUT2D eigenvalue weighted by molar-refractivity contribution is 0.315. The minimum Gasteiger partial charge on any atom is -0.326 e. The molecular weight excluding hydrogens is 284 g/mol. The van der Waals surface area contributed by atoms with Crippen molar-refractivity contribution in [2.75, 3.05) is 6.54 Å². The van der Waals surface area contributed by atoms with Gasteiger partial charge < -0.3 is 5.73 Å². The summed E-state index contributed by atoms with van der Waals surface area (Å²) in [5.74, 6) is 0. The lowest BCUT2D eigenvalue weighted by Crippen LogP contribution is -2.39. The molecule has 118 valence electrons. The third-order valence-electron chi connectivity index (χ3n) is 4.43. The van der Waals surface area contributed by atoms with E-state index >= 15 is 0 Å². The first kappa shape index (κ1) is 16.5. The van der Waals surface area contributed by atoms with E-state index < -0.39 is 10.0 Å². The Bertz CT molecular complexity index is 584. The number of nitrogens with two attached hydrogens (primary N) is 1. The molecule has 5 heteroatoms. The van der Waals surface area contributed by atoms with Gasteiger partial charge in [0, 0.05) is 19.1 Å². The van der Waals surface area contributed by atoms with Crippen molar-refractivity contribution in [3.63, 3.8) is 0 Å². The number of hydrogen-bond donors (Lipinski definition) is 1. The Morgan fingerprint density at radius 2 is 2.05 bits per heavy atom. The highest BCUT2D eigenvalue weighted by atomic mass is 32.2. The van der Waals surface area contributed by atoms with Crippen LogP contribution in [0, 0.1) is 6.92 Å². The van der Waals surface area contributed by atoms with E-state index in [2.05, 4.69) is 6.92 Å². The van der Waals surface area contributed by atoms with Crippen LogP contribution in [0.15, 0.2) is 23.1 Å². The molecule has 1 aliphatic rings. The third-order valence-corrected chi connectivity index (χ3v) is 6.38. The summed E-state index contributed by atoms with van der Waals surface area (Å²) in [5, 5.41) is 0. The number of benzene rings is 1. The summed E-state index contributed by atoms with van der Waals surface area (Å²) in [6.07, 6.45) is 5.04. The molecule has 0 amide bonds. The largest absolute Gasteiger partial charge is 0.326 e. The Hall–Kier alpha value is -0.910. The maximum atomic E-state index is 13.0. The van der Waals surface area contributed by atoms with Crippen LogP contribution in [0.25, 0.3) is 0 Å². The first-order valence-electron chi connectivity index (χ1n) is 7.82. The predicted molar refractivity (Wildman–Crippen MR) is 85.5 cm³/mol. The maximum absolute atomic E-state index is 13.0. The first-order valence-corrected chi connectivity index (χ1v) is 9.26. The second-order valence-electron chi connectivity index (χ2n) is 5.82. The van der Waals surface area contributed by atoms with Gasteiger partial charge in [-0.05, 0) is 49.4 Å². The van der Waals surface area contributed by atoms with E-state index in [1.807, 2.05) is 13.0 Å². The number of hydrogen-bond acceptors (Lipinski definition) is 3. The second-order valence-corrected chi connectivity index (χ2v) is 7.71. The van der Waals surface area contributed by atoms with Crippen molar-refractivity contribution in [1.29, 1.82) is 0 Å². The summed E-state index contributed by atoms with van der Waals surface area (Å²) < 4.78 is 27.6. The van der Waals surface area contributed by atoms with Crippen LogP contribution >= 0.6 is 0 Å². The van der Waals surface area contributed by atoms with Crippen molar-refractivity contribution in [3.8, 4) is 0 Å². The van der Waals surface area contributed by atoms with E-state index in [-0.39, 0.29) is 6.04 Å². The van der Waals surface area contributed by atoms with Crippen molar-refractivity contribution in [2.45, 2.75) is 63.4 Å². The molecule has 0 aliphatic carbocycles. The maximum Gasteiger partial charge on any atom is 0.243 e. The highest BCUT2D eigenvalue weighted by Crippen LogP contribution is 2.27. The summed E-state index contributed by atoms with van der Waals surface area (Å²) >= 11 is 0. The van der Waals surface area contributed by atoms with Gasteiger partial charge in [-0.2, -0.15) is 4.31 Å². The van der Waals surface area contributed by atoms with Crippen LogP contribution in [0.2, 0.25) is 0 Å². The Kier molecular flexibility index (Phi) is 5.41. The zero-order chi connectivity index (χ0) is 15.5. The molecule has 0 radical (unpaired) electrons. The number of aryl methyl sites for hydroxylation is 1. The molecule has 2 rings (SSSR count). The smallest absolute Gasteiger partial charge is 0.243 e. The fourth-order valence-electron chi connectivity index (χ4n) is 3.07. The average Bonchev–Trinajstić information content (AvgIpc) is 2.72. The van der Waals surface area contributed by atoms with Gasteiger partial charge in [0.1, 0.15) is 0 Å². The van der Waals surface area contributed by atoms with Crippen molar-refractivity contribution in [1.82, 2.24) is 4.31 Å². The number of rotatable bonds is 4. The van der Waals surface area contributed by atoms with Crippen LogP contribution < -0.4 is 5.73 Å². The molecule has 1 unspecified atom stereocenters. The summed E-state index contributed by atoms with van der Waals surface area (Å²) in [6, 6.07) is 5.42. The lowest BCUT2D eigenvalue weighted by Gasteiger charge is -2.28. The normalized spacial score (nSPS) is 21.2. The fourth-order valence-corrected chi connectivity index (χ4v) is 4.92. The first-order chi connectivity index (χ1) is 10.0. The van der Waals surface area contributed by atoms with Crippen LogP contribution in [0.5, 0.6) is 0 Å². The van der Waals surface area contributed by atoms with E-state index in [0.29, 0.717) is 18.0 Å². The Morgan fingerprint density at radius 3 is 2.67 bits per heavy atom. The summed E-state index contributed by atoms with van der Waals surface area (Å²) in [4.78, 5) is 0.401. The molecule has 1 aromatic carbocycles. The van der Waals surface area contributed by atoms with Gasteiger partial charge in [0.2, 0.25) is 10.0 Å². The van der Waals surface area contributed by atoms with E-state index in [4.69, 9.17) is 5.73 Å². The Morgan fingerprint density at radius 1 is 1.29 bits per heavy atom. The minimum atomic E-state index is -3.40. The van der Waals surface area contributed by atoms with Crippen molar-refractivity contribution < 1.29 is 8.42 Å². The topological polar surface area (TPSA) is 63.4 Å². The highest BCUT2D eigenvalue weighted by molar-refractivity contribution is 7.89. The fraction of sp³-hybridized carbons (Fsp3) is 0.625. The van der Waals surface area contributed by atoms with E-state index in [0.717, 1.165) is 43.2 Å². The molecule has 0 saturated carbocycles. The van der Waals surface area contributed by atoms with Gasteiger partial charge in [-0.3, -0.25) is 0 Å². The van der Waals surface area contributed by atoms with Crippen molar-refractivity contribution in [3.05, 3.63) is 29.3 Å². The van der Waals surface area contributed by atoms with Crippen LogP contribution in [0.3, 0.4) is 0 Å². The summed E-state index contributed by atoms with van der Waals surface area (Å²) in [6.45, 7) is 5.06. The summed E-state index contributed by atoms with van der Waals surface area (Å²) in [5.41, 5.74) is 7.60. The van der Waals surface area contributed by atoms with Crippen molar-refractivity contribution in [2.24, 2.45) is 5.73 Å². The molecule has 4 nitrogen and oxygen atoms in total. The van der Waals surface area contributed by atoms with Crippen LogP contribution in [0.4, 0.5) is 0 Å². The quantitative estimate of drug-likeness (QED) is 0.930.